The Morgan fingerprint density at radius 2 is 1.15 bits per heavy atom. The lowest BCUT2D eigenvalue weighted by molar-refractivity contribution is 0.660. The Morgan fingerprint density at radius 3 is 2.07 bits per heavy atom. The fraction of sp³-hybridized carbons (Fsp3) is 0.0698. The van der Waals surface area contributed by atoms with Crippen LogP contribution in [0.25, 0.3) is 64.0 Å². The normalized spacial score (nSPS) is 13.6. The van der Waals surface area contributed by atoms with Crippen molar-refractivity contribution in [2.24, 2.45) is 0 Å². The summed E-state index contributed by atoms with van der Waals surface area (Å²) >= 11 is 1.86. The molecule has 0 unspecified atom stereocenters. The first kappa shape index (κ1) is 25.9. The maximum atomic E-state index is 6.30. The largest absolute Gasteiger partial charge is 0.456 e. The number of para-hydroxylation sites is 1. The van der Waals surface area contributed by atoms with E-state index in [-0.39, 0.29) is 5.41 Å². The quantitative estimate of drug-likeness (QED) is 0.199. The molecule has 2 heterocycles. The summed E-state index contributed by atoms with van der Waals surface area (Å²) < 4.78 is 8.92. The van der Waals surface area contributed by atoms with Crippen LogP contribution in [0, 0.1) is 0 Å². The number of furan rings is 1. The number of hydrogen-bond donors (Lipinski definition) is 0. The van der Waals surface area contributed by atoms with Crippen molar-refractivity contribution in [3.05, 3.63) is 151 Å². The maximum absolute atomic E-state index is 6.30. The van der Waals surface area contributed by atoms with E-state index in [1.54, 1.807) is 0 Å². The second kappa shape index (κ2) is 9.32. The molecule has 0 saturated heterocycles. The fourth-order valence-electron chi connectivity index (χ4n) is 7.82. The van der Waals surface area contributed by atoms with Gasteiger partial charge in [0.15, 0.2) is 0 Å². The van der Waals surface area contributed by atoms with E-state index in [4.69, 9.17) is 4.42 Å². The summed E-state index contributed by atoms with van der Waals surface area (Å²) in [5.41, 5.74) is 10.6. The van der Waals surface area contributed by atoms with E-state index in [0.717, 1.165) is 33.6 Å². The van der Waals surface area contributed by atoms with Crippen LogP contribution in [0.1, 0.15) is 25.0 Å². The number of benzene rings is 7. The lowest BCUT2D eigenvalue weighted by Crippen LogP contribution is -2.15. The Kier molecular flexibility index (Phi) is 5.25. The molecule has 2 aromatic heterocycles. The lowest BCUT2D eigenvalue weighted by atomic mass is 9.82. The highest BCUT2D eigenvalue weighted by atomic mass is 32.1. The van der Waals surface area contributed by atoms with E-state index in [1.807, 2.05) is 17.4 Å². The number of nitrogens with zero attached hydrogens (tertiary/aromatic N) is 1. The van der Waals surface area contributed by atoms with Gasteiger partial charge in [0.1, 0.15) is 11.2 Å². The van der Waals surface area contributed by atoms with Crippen LogP contribution >= 0.6 is 11.3 Å². The molecule has 218 valence electrons. The third-order valence-corrected chi connectivity index (χ3v) is 11.2. The first-order valence-electron chi connectivity index (χ1n) is 15.8. The maximum Gasteiger partial charge on any atom is 0.136 e. The fourth-order valence-corrected chi connectivity index (χ4v) is 8.90. The molecule has 7 aromatic carbocycles. The van der Waals surface area contributed by atoms with Crippen LogP contribution in [0.2, 0.25) is 0 Å². The highest BCUT2D eigenvalue weighted by molar-refractivity contribution is 7.25. The summed E-state index contributed by atoms with van der Waals surface area (Å²) in [7, 11) is 0. The smallest absolute Gasteiger partial charge is 0.136 e. The van der Waals surface area contributed by atoms with Crippen molar-refractivity contribution < 1.29 is 4.42 Å². The topological polar surface area (TPSA) is 16.4 Å². The van der Waals surface area contributed by atoms with Gasteiger partial charge in [-0.2, -0.15) is 0 Å². The zero-order valence-electron chi connectivity index (χ0n) is 25.5. The molecular weight excluding hydrogens is 579 g/mol. The van der Waals surface area contributed by atoms with Gasteiger partial charge in [-0.1, -0.05) is 92.7 Å². The minimum atomic E-state index is -0.0410. The van der Waals surface area contributed by atoms with E-state index >= 15 is 0 Å². The Bertz CT molecular complexity index is 2690. The van der Waals surface area contributed by atoms with Gasteiger partial charge in [0.05, 0.1) is 0 Å². The van der Waals surface area contributed by atoms with Crippen LogP contribution in [0.4, 0.5) is 17.1 Å². The van der Waals surface area contributed by atoms with Gasteiger partial charge in [-0.3, -0.25) is 0 Å². The lowest BCUT2D eigenvalue weighted by Gasteiger charge is -2.27. The SMILES string of the molecule is CC1(C)c2ccccc2-c2cc(N(c3ccc4sc5ccccc5c4c3)c3ccc4ccc5oc6ccccc6c5c4c3)ccc21. The second-order valence-electron chi connectivity index (χ2n) is 13.0. The minimum Gasteiger partial charge on any atom is -0.456 e. The van der Waals surface area contributed by atoms with Crippen molar-refractivity contribution in [2.45, 2.75) is 19.3 Å². The van der Waals surface area contributed by atoms with Gasteiger partial charge in [-0.15, -0.1) is 11.3 Å². The summed E-state index contributed by atoms with van der Waals surface area (Å²) in [6.07, 6.45) is 0. The minimum absolute atomic E-state index is 0.0410. The number of rotatable bonds is 3. The molecule has 0 saturated carbocycles. The Hall–Kier alpha value is -5.38. The second-order valence-corrected chi connectivity index (χ2v) is 14.0. The molecular formula is C43H29NOS. The Labute approximate surface area is 270 Å². The number of fused-ring (bicyclic) bond motifs is 11. The van der Waals surface area contributed by atoms with Crippen molar-refractivity contribution in [2.75, 3.05) is 4.90 Å². The van der Waals surface area contributed by atoms with Gasteiger partial charge in [0.25, 0.3) is 0 Å². The van der Waals surface area contributed by atoms with Crippen molar-refractivity contribution in [3.8, 4) is 11.1 Å². The number of anilines is 3. The van der Waals surface area contributed by atoms with Crippen LogP contribution in [0.3, 0.4) is 0 Å². The summed E-state index contributed by atoms with van der Waals surface area (Å²) in [6, 6.07) is 51.1. The molecule has 1 aliphatic rings. The van der Waals surface area contributed by atoms with Gasteiger partial charge < -0.3 is 9.32 Å². The number of thiophene rings is 1. The molecule has 0 spiro atoms. The predicted octanol–water partition coefficient (Wildman–Crippen LogP) is 12.9. The molecule has 0 radical (unpaired) electrons. The molecule has 0 N–H and O–H groups in total. The zero-order chi connectivity index (χ0) is 30.6. The molecule has 2 nitrogen and oxygen atoms in total. The highest BCUT2D eigenvalue weighted by Crippen LogP contribution is 2.51. The first-order chi connectivity index (χ1) is 22.5. The van der Waals surface area contributed by atoms with Crippen molar-refractivity contribution in [3.63, 3.8) is 0 Å². The molecule has 0 fully saturated rings. The van der Waals surface area contributed by atoms with Crippen molar-refractivity contribution in [1.82, 2.24) is 0 Å². The summed E-state index contributed by atoms with van der Waals surface area (Å²) in [5, 5.41) is 7.30. The van der Waals surface area contributed by atoms with Gasteiger partial charge >= 0.3 is 0 Å². The van der Waals surface area contributed by atoms with E-state index < -0.39 is 0 Å². The van der Waals surface area contributed by atoms with E-state index in [9.17, 15) is 0 Å². The van der Waals surface area contributed by atoms with Crippen LogP contribution in [0.15, 0.2) is 144 Å². The van der Waals surface area contributed by atoms with Gasteiger partial charge in [-0.05, 0) is 93.7 Å². The molecule has 10 rings (SSSR count). The molecule has 9 aromatic rings. The molecule has 0 aliphatic heterocycles. The van der Waals surface area contributed by atoms with E-state index in [1.165, 1.54) is 58.6 Å². The average Bonchev–Trinajstić information content (AvgIpc) is 3.73. The average molecular weight is 608 g/mol. The predicted molar refractivity (Wildman–Crippen MR) is 196 cm³/mol. The summed E-state index contributed by atoms with van der Waals surface area (Å²) in [4.78, 5) is 2.43. The van der Waals surface area contributed by atoms with Crippen LogP contribution in [-0.2, 0) is 5.41 Å². The van der Waals surface area contributed by atoms with Crippen LogP contribution in [-0.4, -0.2) is 0 Å². The standard InChI is InChI=1S/C43H29NOS/c1-43(2)36-12-6-3-9-30(36)34-24-28(18-20-37(34)43)44(29-19-22-41-35(25-29)31-10-5-8-14-40(31)46-41)27-17-15-26-16-21-39-42(33(26)23-27)32-11-4-7-13-38(32)45-39/h3-25H,1-2H3. The van der Waals surface area contributed by atoms with Crippen molar-refractivity contribution >= 4 is 81.3 Å². The molecule has 3 heteroatoms. The summed E-state index contributed by atoms with van der Waals surface area (Å²) in [6.45, 7) is 4.68. The first-order valence-corrected chi connectivity index (χ1v) is 16.7. The summed E-state index contributed by atoms with van der Waals surface area (Å²) in [5.74, 6) is 0. The Balaban J connectivity index is 1.25. The van der Waals surface area contributed by atoms with Crippen LogP contribution < -0.4 is 4.90 Å². The molecule has 46 heavy (non-hydrogen) atoms. The van der Waals surface area contributed by atoms with Gasteiger partial charge in [-0.25, -0.2) is 0 Å². The van der Waals surface area contributed by atoms with Crippen LogP contribution in [0.5, 0.6) is 0 Å². The van der Waals surface area contributed by atoms with E-state index in [2.05, 4.69) is 152 Å². The zero-order valence-corrected chi connectivity index (χ0v) is 26.4. The third kappa shape index (κ3) is 3.58. The van der Waals surface area contributed by atoms with Gasteiger partial charge in [0, 0.05) is 53.4 Å². The molecule has 0 atom stereocenters. The third-order valence-electron chi connectivity index (χ3n) is 10.0. The monoisotopic (exact) mass is 607 g/mol. The highest BCUT2D eigenvalue weighted by Gasteiger charge is 2.35. The molecule has 1 aliphatic carbocycles. The molecule has 0 amide bonds. The molecule has 0 bridgehead atoms. The van der Waals surface area contributed by atoms with E-state index in [0.29, 0.717) is 0 Å². The Morgan fingerprint density at radius 1 is 0.500 bits per heavy atom. The van der Waals surface area contributed by atoms with Crippen molar-refractivity contribution in [1.29, 1.82) is 0 Å². The number of hydrogen-bond acceptors (Lipinski definition) is 3. The van der Waals surface area contributed by atoms with Gasteiger partial charge in [0.2, 0.25) is 0 Å².